The van der Waals surface area contributed by atoms with Crippen LogP contribution in [0.4, 0.5) is 0 Å². The van der Waals surface area contributed by atoms with Gasteiger partial charge in [-0.25, -0.2) is 4.98 Å². The molecule has 0 bridgehead atoms. The smallest absolute Gasteiger partial charge is 0.230 e. The van der Waals surface area contributed by atoms with E-state index < -0.39 is 0 Å². The number of imidazole rings is 1. The third-order valence-corrected chi connectivity index (χ3v) is 3.80. The first-order valence-corrected chi connectivity index (χ1v) is 7.27. The number of nitrogens with zero attached hydrogens (tertiary/aromatic N) is 1. The lowest BCUT2D eigenvalue weighted by atomic mass is 10.3. The van der Waals surface area contributed by atoms with Crippen molar-refractivity contribution in [2.75, 3.05) is 5.75 Å². The molecule has 102 valence electrons. The van der Waals surface area contributed by atoms with Crippen molar-refractivity contribution < 1.29 is 4.79 Å². The van der Waals surface area contributed by atoms with Crippen LogP contribution in [0.2, 0.25) is 0 Å². The van der Waals surface area contributed by atoms with Crippen LogP contribution in [0.25, 0.3) is 11.0 Å². The second-order valence-corrected chi connectivity index (χ2v) is 7.18. The Kier molecular flexibility index (Phi) is 4.14. The second kappa shape index (κ2) is 5.65. The highest BCUT2D eigenvalue weighted by atomic mass is 32.2. The van der Waals surface area contributed by atoms with Gasteiger partial charge in [-0.2, -0.15) is 0 Å². The maximum absolute atomic E-state index is 11.7. The Morgan fingerprint density at radius 1 is 1.37 bits per heavy atom. The Morgan fingerprint density at radius 3 is 2.79 bits per heavy atom. The molecule has 0 saturated carbocycles. The van der Waals surface area contributed by atoms with E-state index >= 15 is 0 Å². The molecule has 5 heteroatoms. The van der Waals surface area contributed by atoms with Crippen LogP contribution in [0, 0.1) is 0 Å². The Bertz CT molecular complexity index is 538. The summed E-state index contributed by atoms with van der Waals surface area (Å²) >= 11 is 1.64. The zero-order chi connectivity index (χ0) is 13.9. The van der Waals surface area contributed by atoms with E-state index in [1.54, 1.807) is 11.8 Å². The summed E-state index contributed by atoms with van der Waals surface area (Å²) in [4.78, 5) is 19.3. The molecule has 2 N–H and O–H groups in total. The van der Waals surface area contributed by atoms with Crippen LogP contribution in [0.5, 0.6) is 0 Å². The summed E-state index contributed by atoms with van der Waals surface area (Å²) in [6, 6.07) is 7.84. The number of benzene rings is 1. The molecule has 1 amide bonds. The average Bonchev–Trinajstić information content (AvgIpc) is 2.75. The maximum Gasteiger partial charge on any atom is 0.230 e. The number of nitrogens with one attached hydrogen (secondary N) is 2. The van der Waals surface area contributed by atoms with Gasteiger partial charge in [0.15, 0.2) is 0 Å². The summed E-state index contributed by atoms with van der Waals surface area (Å²) < 4.78 is 0.108. The van der Waals surface area contributed by atoms with Crippen molar-refractivity contribution in [2.45, 2.75) is 32.1 Å². The van der Waals surface area contributed by atoms with E-state index in [0.29, 0.717) is 12.3 Å². The molecule has 1 aromatic carbocycles. The number of carbonyl (C=O) groups excluding carboxylic acids is 1. The highest BCUT2D eigenvalue weighted by molar-refractivity contribution is 8.01. The van der Waals surface area contributed by atoms with Gasteiger partial charge in [0.25, 0.3) is 0 Å². The van der Waals surface area contributed by atoms with E-state index in [4.69, 9.17) is 0 Å². The molecule has 0 unspecified atom stereocenters. The van der Waals surface area contributed by atoms with Gasteiger partial charge in [-0.1, -0.05) is 32.9 Å². The zero-order valence-corrected chi connectivity index (χ0v) is 12.3. The molecule has 0 aliphatic carbocycles. The standard InChI is InChI=1S/C14H19N3OS/c1-14(2,3)19-9-13(18)15-8-12-16-10-6-4-5-7-11(10)17-12/h4-7H,8-9H2,1-3H3,(H,15,18)(H,16,17). The fourth-order valence-corrected chi connectivity index (χ4v) is 2.27. The number of rotatable bonds is 4. The number of hydrogen-bond acceptors (Lipinski definition) is 3. The number of carbonyl (C=O) groups is 1. The van der Waals surface area contributed by atoms with Crippen LogP contribution >= 0.6 is 11.8 Å². The van der Waals surface area contributed by atoms with Gasteiger partial charge in [0.05, 0.1) is 23.3 Å². The van der Waals surface area contributed by atoms with Crippen molar-refractivity contribution in [1.29, 1.82) is 0 Å². The Balaban J connectivity index is 1.86. The van der Waals surface area contributed by atoms with Crippen molar-refractivity contribution in [3.63, 3.8) is 0 Å². The lowest BCUT2D eigenvalue weighted by Gasteiger charge is -2.16. The summed E-state index contributed by atoms with van der Waals surface area (Å²) in [5, 5.41) is 2.88. The first-order valence-electron chi connectivity index (χ1n) is 6.28. The van der Waals surface area contributed by atoms with Crippen LogP contribution in [0.15, 0.2) is 24.3 Å². The van der Waals surface area contributed by atoms with Crippen LogP contribution in [0.3, 0.4) is 0 Å². The Labute approximate surface area is 117 Å². The number of hydrogen-bond donors (Lipinski definition) is 2. The van der Waals surface area contributed by atoms with E-state index in [1.807, 2.05) is 24.3 Å². The molecule has 0 radical (unpaired) electrons. The van der Waals surface area contributed by atoms with Crippen molar-refractivity contribution in [2.24, 2.45) is 0 Å². The molecular weight excluding hydrogens is 258 g/mol. The SMILES string of the molecule is CC(C)(C)SCC(=O)NCc1nc2ccccc2[nH]1. The van der Waals surface area contributed by atoms with Gasteiger partial charge in [0.2, 0.25) is 5.91 Å². The molecular formula is C14H19N3OS. The third kappa shape index (κ3) is 4.28. The summed E-state index contributed by atoms with van der Waals surface area (Å²) in [6.07, 6.45) is 0. The van der Waals surface area contributed by atoms with E-state index in [0.717, 1.165) is 16.9 Å². The Morgan fingerprint density at radius 2 is 2.11 bits per heavy atom. The molecule has 4 nitrogen and oxygen atoms in total. The number of amides is 1. The minimum absolute atomic E-state index is 0.0420. The Hall–Kier alpha value is -1.49. The van der Waals surface area contributed by atoms with Gasteiger partial charge >= 0.3 is 0 Å². The fourth-order valence-electron chi connectivity index (χ4n) is 1.60. The molecule has 1 aromatic heterocycles. The van der Waals surface area contributed by atoms with Crippen molar-refractivity contribution in [3.8, 4) is 0 Å². The lowest BCUT2D eigenvalue weighted by molar-refractivity contribution is -0.118. The fraction of sp³-hybridized carbons (Fsp3) is 0.429. The monoisotopic (exact) mass is 277 g/mol. The normalized spacial score (nSPS) is 11.7. The van der Waals surface area contributed by atoms with Crippen LogP contribution in [-0.4, -0.2) is 26.4 Å². The number of thioether (sulfide) groups is 1. The molecule has 0 saturated heterocycles. The van der Waals surface area contributed by atoms with Crippen LogP contribution in [-0.2, 0) is 11.3 Å². The van der Waals surface area contributed by atoms with E-state index in [-0.39, 0.29) is 10.7 Å². The zero-order valence-electron chi connectivity index (χ0n) is 11.5. The predicted octanol–water partition coefficient (Wildman–Crippen LogP) is 2.71. The van der Waals surface area contributed by atoms with Gasteiger partial charge < -0.3 is 10.3 Å². The van der Waals surface area contributed by atoms with Crippen molar-refractivity contribution in [1.82, 2.24) is 15.3 Å². The van der Waals surface area contributed by atoms with Crippen molar-refractivity contribution in [3.05, 3.63) is 30.1 Å². The van der Waals surface area contributed by atoms with Gasteiger partial charge in [0.1, 0.15) is 5.82 Å². The number of aromatic nitrogens is 2. The summed E-state index contributed by atoms with van der Waals surface area (Å²) in [6.45, 7) is 6.75. The minimum Gasteiger partial charge on any atom is -0.348 e. The summed E-state index contributed by atoms with van der Waals surface area (Å²) in [7, 11) is 0. The molecule has 0 fully saturated rings. The second-order valence-electron chi connectivity index (χ2n) is 5.38. The molecule has 0 spiro atoms. The first kappa shape index (κ1) is 13.9. The molecule has 0 atom stereocenters. The minimum atomic E-state index is 0.0420. The predicted molar refractivity (Wildman–Crippen MR) is 80.2 cm³/mol. The topological polar surface area (TPSA) is 57.8 Å². The average molecular weight is 277 g/mol. The van der Waals surface area contributed by atoms with Gasteiger partial charge in [-0.05, 0) is 12.1 Å². The van der Waals surface area contributed by atoms with E-state index in [2.05, 4.69) is 36.1 Å². The third-order valence-electron chi connectivity index (χ3n) is 2.53. The molecule has 2 aromatic rings. The molecule has 0 aliphatic heterocycles. The van der Waals surface area contributed by atoms with E-state index in [1.165, 1.54) is 0 Å². The largest absolute Gasteiger partial charge is 0.348 e. The maximum atomic E-state index is 11.7. The highest BCUT2D eigenvalue weighted by Crippen LogP contribution is 2.22. The van der Waals surface area contributed by atoms with Gasteiger partial charge in [-0.15, -0.1) is 11.8 Å². The highest BCUT2D eigenvalue weighted by Gasteiger charge is 2.13. The van der Waals surface area contributed by atoms with Crippen LogP contribution in [0.1, 0.15) is 26.6 Å². The van der Waals surface area contributed by atoms with Crippen LogP contribution < -0.4 is 5.32 Å². The molecule has 2 rings (SSSR count). The van der Waals surface area contributed by atoms with Gasteiger partial charge in [-0.3, -0.25) is 4.79 Å². The number of fused-ring (bicyclic) bond motifs is 1. The summed E-state index contributed by atoms with van der Waals surface area (Å²) in [5.74, 6) is 1.31. The number of para-hydroxylation sites is 2. The van der Waals surface area contributed by atoms with Crippen molar-refractivity contribution >= 4 is 28.7 Å². The lowest BCUT2D eigenvalue weighted by Crippen LogP contribution is -2.27. The molecule has 0 aliphatic rings. The molecule has 19 heavy (non-hydrogen) atoms. The number of aromatic amines is 1. The quantitative estimate of drug-likeness (QED) is 0.903. The molecule has 1 heterocycles. The number of H-pyrrole nitrogens is 1. The first-order chi connectivity index (χ1) is 8.94. The van der Waals surface area contributed by atoms with E-state index in [9.17, 15) is 4.79 Å². The van der Waals surface area contributed by atoms with Gasteiger partial charge in [0, 0.05) is 4.75 Å². The summed E-state index contributed by atoms with van der Waals surface area (Å²) in [5.41, 5.74) is 1.92.